The molecule has 1 aliphatic rings. The molecule has 0 bridgehead atoms. The zero-order valence-electron chi connectivity index (χ0n) is 15.0. The van der Waals surface area contributed by atoms with Crippen molar-refractivity contribution in [1.82, 2.24) is 10.1 Å². The van der Waals surface area contributed by atoms with Crippen LogP contribution in [0.25, 0.3) is 11.4 Å². The van der Waals surface area contributed by atoms with E-state index in [2.05, 4.69) is 10.1 Å². The summed E-state index contributed by atoms with van der Waals surface area (Å²) in [6.45, 7) is 2.45. The van der Waals surface area contributed by atoms with Crippen LogP contribution in [0.1, 0.15) is 23.8 Å². The molecule has 1 amide bonds. The van der Waals surface area contributed by atoms with Crippen LogP contribution in [0.4, 0.5) is 5.69 Å². The minimum Gasteiger partial charge on any atom is -0.497 e. The van der Waals surface area contributed by atoms with E-state index in [1.54, 1.807) is 12.0 Å². The third kappa shape index (κ3) is 3.40. The second-order valence-corrected chi connectivity index (χ2v) is 6.96. The maximum absolute atomic E-state index is 12.5. The second kappa shape index (κ2) is 7.04. The number of halogens is 1. The predicted octanol–water partition coefficient (Wildman–Crippen LogP) is 4.23. The summed E-state index contributed by atoms with van der Waals surface area (Å²) in [5, 5.41) is 4.67. The van der Waals surface area contributed by atoms with Gasteiger partial charge in [-0.25, -0.2) is 0 Å². The highest BCUT2D eigenvalue weighted by atomic mass is 35.5. The Morgan fingerprint density at radius 2 is 2.00 bits per heavy atom. The fourth-order valence-corrected chi connectivity index (χ4v) is 3.40. The molecule has 7 heteroatoms. The molecule has 0 aliphatic carbocycles. The zero-order valence-corrected chi connectivity index (χ0v) is 15.7. The van der Waals surface area contributed by atoms with Crippen molar-refractivity contribution in [3.8, 4) is 17.1 Å². The van der Waals surface area contributed by atoms with Crippen molar-refractivity contribution < 1.29 is 14.1 Å². The highest BCUT2D eigenvalue weighted by Gasteiger charge is 2.35. The Morgan fingerprint density at radius 1 is 1.22 bits per heavy atom. The van der Waals surface area contributed by atoms with Crippen LogP contribution in [0.5, 0.6) is 5.75 Å². The fourth-order valence-electron chi connectivity index (χ4n) is 3.24. The van der Waals surface area contributed by atoms with Gasteiger partial charge in [-0.05, 0) is 48.9 Å². The van der Waals surface area contributed by atoms with Gasteiger partial charge in [0, 0.05) is 29.2 Å². The average Bonchev–Trinajstić information content (AvgIpc) is 3.31. The van der Waals surface area contributed by atoms with Crippen LogP contribution in [0.2, 0.25) is 5.02 Å². The third-order valence-corrected chi connectivity index (χ3v) is 4.96. The number of carbonyl (C=O) groups is 1. The van der Waals surface area contributed by atoms with Gasteiger partial charge >= 0.3 is 0 Å². The molecule has 1 atom stereocenters. The van der Waals surface area contributed by atoms with Gasteiger partial charge in [-0.3, -0.25) is 4.79 Å². The van der Waals surface area contributed by atoms with Gasteiger partial charge in [0.25, 0.3) is 0 Å². The van der Waals surface area contributed by atoms with Gasteiger partial charge in [-0.1, -0.05) is 22.8 Å². The molecule has 0 spiro atoms. The fraction of sp³-hybridized carbons (Fsp3) is 0.250. The lowest BCUT2D eigenvalue weighted by Gasteiger charge is -2.18. The topological polar surface area (TPSA) is 68.5 Å². The summed E-state index contributed by atoms with van der Waals surface area (Å²) in [5.74, 6) is 1.61. The lowest BCUT2D eigenvalue weighted by atomic mass is 10.1. The molecule has 1 aromatic heterocycles. The molecule has 138 valence electrons. The quantitative estimate of drug-likeness (QED) is 0.674. The highest BCUT2D eigenvalue weighted by Crippen LogP contribution is 2.34. The Labute approximate surface area is 161 Å². The number of nitrogens with zero attached hydrogens (tertiary/aromatic N) is 3. The molecule has 1 fully saturated rings. The minimum absolute atomic E-state index is 0.0227. The van der Waals surface area contributed by atoms with Crippen molar-refractivity contribution in [2.75, 3.05) is 18.6 Å². The van der Waals surface area contributed by atoms with Gasteiger partial charge in [0.1, 0.15) is 5.75 Å². The number of aromatic nitrogens is 2. The first-order valence-electron chi connectivity index (χ1n) is 8.59. The van der Waals surface area contributed by atoms with Gasteiger partial charge < -0.3 is 14.2 Å². The van der Waals surface area contributed by atoms with E-state index in [1.165, 1.54) is 0 Å². The van der Waals surface area contributed by atoms with Crippen LogP contribution in [-0.4, -0.2) is 29.7 Å². The molecular formula is C20H18ClN3O3. The summed E-state index contributed by atoms with van der Waals surface area (Å²) in [6, 6.07) is 13.0. The number of hydrogen-bond donors (Lipinski definition) is 0. The number of methoxy groups -OCH3 is 1. The van der Waals surface area contributed by atoms with Crippen molar-refractivity contribution in [1.29, 1.82) is 0 Å². The average molecular weight is 384 g/mol. The summed E-state index contributed by atoms with van der Waals surface area (Å²) in [5.41, 5.74) is 2.65. The van der Waals surface area contributed by atoms with Crippen LogP contribution in [0.3, 0.4) is 0 Å². The molecule has 3 aromatic rings. The molecule has 0 N–H and O–H groups in total. The number of ether oxygens (including phenoxy) is 1. The molecule has 2 heterocycles. The van der Waals surface area contributed by atoms with E-state index in [-0.39, 0.29) is 11.8 Å². The normalized spacial score (nSPS) is 16.8. The summed E-state index contributed by atoms with van der Waals surface area (Å²) in [4.78, 5) is 18.8. The summed E-state index contributed by atoms with van der Waals surface area (Å²) in [6.07, 6.45) is 0.330. The lowest BCUT2D eigenvalue weighted by Crippen LogP contribution is -2.25. The van der Waals surface area contributed by atoms with Crippen molar-refractivity contribution in [3.05, 3.63) is 58.9 Å². The molecule has 0 saturated carbocycles. The SMILES string of the molecule is COc1ccc(-c2noc(C3CC(=O)N(c4cc(Cl)ccc4C)C3)n2)cc1. The molecule has 0 radical (unpaired) electrons. The number of benzene rings is 2. The molecule has 1 saturated heterocycles. The molecule has 4 rings (SSSR count). The van der Waals surface area contributed by atoms with E-state index in [9.17, 15) is 4.79 Å². The number of amides is 1. The molecule has 2 aromatic carbocycles. The van der Waals surface area contributed by atoms with E-state index in [0.29, 0.717) is 29.7 Å². The van der Waals surface area contributed by atoms with Crippen molar-refractivity contribution in [3.63, 3.8) is 0 Å². The van der Waals surface area contributed by atoms with E-state index in [4.69, 9.17) is 20.9 Å². The van der Waals surface area contributed by atoms with E-state index < -0.39 is 0 Å². The van der Waals surface area contributed by atoms with Gasteiger partial charge in [-0.15, -0.1) is 0 Å². The number of anilines is 1. The number of hydrogen-bond acceptors (Lipinski definition) is 5. The predicted molar refractivity (Wildman–Crippen MR) is 102 cm³/mol. The Kier molecular flexibility index (Phi) is 4.58. The van der Waals surface area contributed by atoms with Gasteiger partial charge in [0.05, 0.1) is 13.0 Å². The Bertz CT molecular complexity index is 984. The first kappa shape index (κ1) is 17.5. The Balaban J connectivity index is 1.56. The summed E-state index contributed by atoms with van der Waals surface area (Å²) in [7, 11) is 1.62. The first-order chi connectivity index (χ1) is 13.0. The van der Waals surface area contributed by atoms with Crippen molar-refractivity contribution >= 4 is 23.2 Å². The largest absolute Gasteiger partial charge is 0.497 e. The van der Waals surface area contributed by atoms with Crippen molar-refractivity contribution in [2.45, 2.75) is 19.3 Å². The number of aryl methyl sites for hydroxylation is 1. The van der Waals surface area contributed by atoms with Crippen LogP contribution in [-0.2, 0) is 4.79 Å². The molecular weight excluding hydrogens is 366 g/mol. The third-order valence-electron chi connectivity index (χ3n) is 4.73. The Morgan fingerprint density at radius 3 is 2.74 bits per heavy atom. The molecule has 27 heavy (non-hydrogen) atoms. The zero-order chi connectivity index (χ0) is 19.0. The number of rotatable bonds is 4. The van der Waals surface area contributed by atoms with Crippen LogP contribution in [0, 0.1) is 6.92 Å². The molecule has 1 aliphatic heterocycles. The minimum atomic E-state index is -0.143. The first-order valence-corrected chi connectivity index (χ1v) is 8.97. The second-order valence-electron chi connectivity index (χ2n) is 6.52. The maximum Gasteiger partial charge on any atom is 0.232 e. The number of carbonyl (C=O) groups excluding carboxylic acids is 1. The maximum atomic E-state index is 12.5. The smallest absolute Gasteiger partial charge is 0.232 e. The Hall–Kier alpha value is -2.86. The van der Waals surface area contributed by atoms with Gasteiger partial charge in [0.2, 0.25) is 17.6 Å². The van der Waals surface area contributed by atoms with Gasteiger partial charge in [0.15, 0.2) is 0 Å². The summed E-state index contributed by atoms with van der Waals surface area (Å²) < 4.78 is 10.6. The highest BCUT2D eigenvalue weighted by molar-refractivity contribution is 6.31. The van der Waals surface area contributed by atoms with Gasteiger partial charge in [-0.2, -0.15) is 4.98 Å². The monoisotopic (exact) mass is 383 g/mol. The van der Waals surface area contributed by atoms with E-state index >= 15 is 0 Å². The van der Waals surface area contributed by atoms with E-state index in [1.807, 2.05) is 49.4 Å². The summed E-state index contributed by atoms with van der Waals surface area (Å²) >= 11 is 6.10. The van der Waals surface area contributed by atoms with E-state index in [0.717, 1.165) is 22.6 Å². The van der Waals surface area contributed by atoms with Crippen LogP contribution >= 0.6 is 11.6 Å². The van der Waals surface area contributed by atoms with Crippen LogP contribution < -0.4 is 9.64 Å². The lowest BCUT2D eigenvalue weighted by molar-refractivity contribution is -0.117. The molecule has 1 unspecified atom stereocenters. The standard InChI is InChI=1S/C20H18ClN3O3/c1-12-3-6-15(21)10-17(12)24-11-14(9-18(24)25)20-22-19(23-27-20)13-4-7-16(26-2)8-5-13/h3-8,10,14H,9,11H2,1-2H3. The van der Waals surface area contributed by atoms with Crippen molar-refractivity contribution in [2.24, 2.45) is 0 Å². The van der Waals surface area contributed by atoms with Crippen LogP contribution in [0.15, 0.2) is 47.0 Å². The molecule has 6 nitrogen and oxygen atoms in total.